The molecule has 0 heterocycles. The molecule has 0 amide bonds. The molecule has 0 bridgehead atoms. The molecule has 1 aromatic rings. The molecule has 0 aliphatic carbocycles. The van der Waals surface area contributed by atoms with Gasteiger partial charge in [-0.1, -0.05) is 25.5 Å². The molecule has 0 saturated heterocycles. The molecule has 1 nitrogen and oxygen atoms in total. The number of hydrogen-bond acceptors (Lipinski definition) is 1. The van der Waals surface area contributed by atoms with Gasteiger partial charge in [0.15, 0.2) is 0 Å². The summed E-state index contributed by atoms with van der Waals surface area (Å²) < 4.78 is 5.87. The number of hydrogen-bond donors (Lipinski definition) is 0. The third-order valence-corrected chi connectivity index (χ3v) is 3.01. The Bertz CT molecular complexity index is 307. The van der Waals surface area contributed by atoms with E-state index < -0.39 is 9.04 Å². The van der Waals surface area contributed by atoms with Crippen LogP contribution in [0.1, 0.15) is 30.9 Å². The smallest absolute Gasteiger partial charge is 0.274 e. The first kappa shape index (κ1) is 12.3. The maximum absolute atomic E-state index is 5.87. The van der Waals surface area contributed by atoms with Crippen molar-refractivity contribution in [2.45, 2.75) is 46.2 Å². The summed E-state index contributed by atoms with van der Waals surface area (Å²) in [4.78, 5) is 0. The predicted octanol–water partition coefficient (Wildman–Crippen LogP) is 3.97. The third-order valence-electron chi connectivity index (χ3n) is 2.39. The molecule has 0 atom stereocenters. The Morgan fingerprint density at radius 2 is 2.00 bits per heavy atom. The van der Waals surface area contributed by atoms with Gasteiger partial charge in [-0.25, -0.2) is 0 Å². The molecular weight excluding hydrogens is 200 g/mol. The van der Waals surface area contributed by atoms with Crippen LogP contribution in [0.5, 0.6) is 5.75 Å². The summed E-state index contributed by atoms with van der Waals surface area (Å²) >= 11 is 0. The zero-order chi connectivity index (χ0) is 11.3. The fourth-order valence-corrected chi connectivity index (χ4v) is 2.17. The van der Waals surface area contributed by atoms with E-state index in [0.29, 0.717) is 0 Å². The summed E-state index contributed by atoms with van der Waals surface area (Å²) in [6, 6.07) is 6.60. The highest BCUT2D eigenvalue weighted by atomic mass is 28.3. The minimum atomic E-state index is -0.646. The van der Waals surface area contributed by atoms with Gasteiger partial charge in [0.2, 0.25) is 0 Å². The van der Waals surface area contributed by atoms with Crippen molar-refractivity contribution < 1.29 is 4.43 Å². The van der Waals surface area contributed by atoms with Crippen molar-refractivity contribution in [1.29, 1.82) is 0 Å². The molecule has 0 aromatic heterocycles. The van der Waals surface area contributed by atoms with E-state index in [1.807, 2.05) is 0 Å². The molecule has 1 rings (SSSR count). The zero-order valence-corrected chi connectivity index (χ0v) is 11.3. The fraction of sp³-hybridized carbons (Fsp3) is 0.538. The van der Waals surface area contributed by atoms with Crippen LogP contribution in [0.15, 0.2) is 18.2 Å². The average Bonchev–Trinajstić information content (AvgIpc) is 2.18. The van der Waals surface area contributed by atoms with E-state index in [9.17, 15) is 0 Å². The summed E-state index contributed by atoms with van der Waals surface area (Å²) in [5.41, 5.74) is 2.65. The lowest BCUT2D eigenvalue weighted by Gasteiger charge is -2.12. The Morgan fingerprint density at radius 3 is 2.60 bits per heavy atom. The molecular formula is C13H21OSi. The molecule has 0 aliphatic heterocycles. The largest absolute Gasteiger partial charge is 0.542 e. The topological polar surface area (TPSA) is 9.23 Å². The standard InChI is InChI=1S/C13H21OSi/c1-5-6-7-12-9-8-11(2)13(10-12)14-15(3)4/h8-10H,5-7H2,1-4H3. The van der Waals surface area contributed by atoms with Gasteiger partial charge in [0.05, 0.1) is 0 Å². The molecule has 1 radical (unpaired) electrons. The molecule has 0 saturated carbocycles. The fourth-order valence-electron chi connectivity index (χ4n) is 1.51. The lowest BCUT2D eigenvalue weighted by atomic mass is 10.1. The Hall–Kier alpha value is -0.763. The maximum atomic E-state index is 5.87. The quantitative estimate of drug-likeness (QED) is 0.684. The molecule has 1 aromatic carbocycles. The van der Waals surface area contributed by atoms with Gasteiger partial charge in [-0.15, -0.1) is 0 Å². The summed E-state index contributed by atoms with van der Waals surface area (Å²) in [7, 11) is -0.646. The van der Waals surface area contributed by atoms with E-state index in [0.717, 1.165) is 5.75 Å². The second-order valence-corrected chi connectivity index (χ2v) is 6.23. The Balaban J connectivity index is 2.75. The van der Waals surface area contributed by atoms with Crippen molar-refractivity contribution >= 4 is 9.04 Å². The van der Waals surface area contributed by atoms with Crippen molar-refractivity contribution in [3.8, 4) is 5.75 Å². The van der Waals surface area contributed by atoms with Crippen LogP contribution in [0.3, 0.4) is 0 Å². The first-order valence-corrected chi connectivity index (χ1v) is 8.12. The van der Waals surface area contributed by atoms with Crippen LogP contribution >= 0.6 is 0 Å². The summed E-state index contributed by atoms with van der Waals surface area (Å²) in [5.74, 6) is 1.09. The lowest BCUT2D eigenvalue weighted by molar-refractivity contribution is 0.574. The van der Waals surface area contributed by atoms with E-state index in [1.165, 1.54) is 30.4 Å². The first-order valence-electron chi connectivity index (χ1n) is 5.71. The van der Waals surface area contributed by atoms with Crippen molar-refractivity contribution in [2.75, 3.05) is 0 Å². The maximum Gasteiger partial charge on any atom is 0.274 e. The van der Waals surface area contributed by atoms with Gasteiger partial charge in [0.1, 0.15) is 5.75 Å². The highest BCUT2D eigenvalue weighted by molar-refractivity contribution is 6.49. The van der Waals surface area contributed by atoms with Crippen LogP contribution in [-0.4, -0.2) is 9.04 Å². The Labute approximate surface area is 95.2 Å². The second kappa shape index (κ2) is 5.96. The van der Waals surface area contributed by atoms with E-state index in [-0.39, 0.29) is 0 Å². The average molecular weight is 221 g/mol. The SMILES string of the molecule is CCCCc1ccc(C)c(O[Si](C)C)c1. The van der Waals surface area contributed by atoms with Crippen LogP contribution in [0.25, 0.3) is 0 Å². The summed E-state index contributed by atoms with van der Waals surface area (Å²) in [6.45, 7) is 8.68. The Morgan fingerprint density at radius 1 is 1.27 bits per heavy atom. The molecule has 0 spiro atoms. The van der Waals surface area contributed by atoms with Gasteiger partial charge in [-0.05, 0) is 50.1 Å². The van der Waals surface area contributed by atoms with Gasteiger partial charge < -0.3 is 4.43 Å². The monoisotopic (exact) mass is 221 g/mol. The molecule has 0 unspecified atom stereocenters. The van der Waals surface area contributed by atoms with Crippen molar-refractivity contribution in [1.82, 2.24) is 0 Å². The van der Waals surface area contributed by atoms with E-state index in [2.05, 4.69) is 45.1 Å². The summed E-state index contributed by atoms with van der Waals surface area (Å²) in [6.07, 6.45) is 3.68. The minimum absolute atomic E-state index is 0.646. The molecule has 0 aliphatic rings. The Kier molecular flexibility index (Phi) is 4.89. The van der Waals surface area contributed by atoms with Crippen molar-refractivity contribution in [2.24, 2.45) is 0 Å². The normalized spacial score (nSPS) is 10.7. The molecule has 83 valence electrons. The van der Waals surface area contributed by atoms with Gasteiger partial charge in [0.25, 0.3) is 9.04 Å². The first-order chi connectivity index (χ1) is 7.13. The highest BCUT2D eigenvalue weighted by Crippen LogP contribution is 2.21. The van der Waals surface area contributed by atoms with E-state index in [1.54, 1.807) is 0 Å². The van der Waals surface area contributed by atoms with Crippen molar-refractivity contribution in [3.05, 3.63) is 29.3 Å². The van der Waals surface area contributed by atoms with Gasteiger partial charge in [0, 0.05) is 0 Å². The molecule has 15 heavy (non-hydrogen) atoms. The van der Waals surface area contributed by atoms with Crippen LogP contribution in [0, 0.1) is 6.92 Å². The lowest BCUT2D eigenvalue weighted by Crippen LogP contribution is -2.12. The molecule has 0 N–H and O–H groups in total. The van der Waals surface area contributed by atoms with Gasteiger partial charge in [-0.2, -0.15) is 0 Å². The van der Waals surface area contributed by atoms with Crippen LogP contribution in [-0.2, 0) is 6.42 Å². The highest BCUT2D eigenvalue weighted by Gasteiger charge is 2.04. The number of benzene rings is 1. The van der Waals surface area contributed by atoms with Gasteiger partial charge in [-0.3, -0.25) is 0 Å². The minimum Gasteiger partial charge on any atom is -0.542 e. The van der Waals surface area contributed by atoms with Crippen LogP contribution in [0.4, 0.5) is 0 Å². The number of rotatable bonds is 5. The van der Waals surface area contributed by atoms with E-state index >= 15 is 0 Å². The predicted molar refractivity (Wildman–Crippen MR) is 67.9 cm³/mol. The van der Waals surface area contributed by atoms with Crippen molar-refractivity contribution in [3.63, 3.8) is 0 Å². The number of unbranched alkanes of at least 4 members (excludes halogenated alkanes) is 1. The molecule has 0 fully saturated rings. The second-order valence-electron chi connectivity index (χ2n) is 4.21. The third kappa shape index (κ3) is 4.08. The van der Waals surface area contributed by atoms with E-state index in [4.69, 9.17) is 4.43 Å². The number of aryl methyl sites for hydroxylation is 2. The zero-order valence-electron chi connectivity index (χ0n) is 10.3. The molecule has 2 heteroatoms. The van der Waals surface area contributed by atoms with Gasteiger partial charge >= 0.3 is 0 Å². The van der Waals surface area contributed by atoms with Crippen LogP contribution in [0.2, 0.25) is 13.1 Å². The summed E-state index contributed by atoms with van der Waals surface area (Å²) in [5, 5.41) is 0. The van der Waals surface area contributed by atoms with Crippen LogP contribution < -0.4 is 4.43 Å².